The fourth-order valence-corrected chi connectivity index (χ4v) is 3.01. The minimum absolute atomic E-state index is 0.0822. The smallest absolute Gasteiger partial charge is 0.211 e. The van der Waals surface area contributed by atoms with Gasteiger partial charge in [0.2, 0.25) is 10.0 Å². The molecule has 0 bridgehead atoms. The molecule has 0 spiro atoms. The lowest BCUT2D eigenvalue weighted by molar-refractivity contribution is 0.213. The summed E-state index contributed by atoms with van der Waals surface area (Å²) in [5, 5.41) is 9.05. The molecule has 90 valence electrons. The van der Waals surface area contributed by atoms with Crippen molar-refractivity contribution in [1.82, 2.24) is 4.72 Å². The molecule has 1 atom stereocenters. The maximum Gasteiger partial charge on any atom is 0.211 e. The second-order valence-electron chi connectivity index (χ2n) is 4.77. The zero-order valence-electron chi connectivity index (χ0n) is 9.49. The lowest BCUT2D eigenvalue weighted by Gasteiger charge is -2.14. The molecule has 1 aliphatic rings. The highest BCUT2D eigenvalue weighted by molar-refractivity contribution is 7.89. The largest absolute Gasteiger partial charge is 0.396 e. The molecule has 0 saturated heterocycles. The molecule has 0 amide bonds. The van der Waals surface area contributed by atoms with Gasteiger partial charge in [-0.3, -0.25) is 0 Å². The molecule has 0 aromatic carbocycles. The molecule has 4 nitrogen and oxygen atoms in total. The third-order valence-electron chi connectivity index (χ3n) is 3.16. The van der Waals surface area contributed by atoms with E-state index >= 15 is 0 Å². The van der Waals surface area contributed by atoms with Crippen molar-refractivity contribution in [3.05, 3.63) is 0 Å². The number of nitrogens with one attached hydrogen (secondary N) is 1. The Hall–Kier alpha value is -0.130. The summed E-state index contributed by atoms with van der Waals surface area (Å²) in [6.45, 7) is 4.38. The Bertz CT molecular complexity index is 296. The van der Waals surface area contributed by atoms with Gasteiger partial charge in [0.1, 0.15) is 0 Å². The first-order valence-electron chi connectivity index (χ1n) is 5.51. The van der Waals surface area contributed by atoms with Gasteiger partial charge in [0.25, 0.3) is 0 Å². The van der Waals surface area contributed by atoms with Crippen LogP contribution in [0.25, 0.3) is 0 Å². The summed E-state index contributed by atoms with van der Waals surface area (Å²) in [6.07, 6.45) is 2.72. The average Bonchev–Trinajstić information content (AvgIpc) is 2.95. The molecule has 1 saturated carbocycles. The first kappa shape index (κ1) is 12.9. The van der Waals surface area contributed by atoms with E-state index in [0.29, 0.717) is 6.54 Å². The van der Waals surface area contributed by atoms with Crippen LogP contribution in [0.1, 0.15) is 33.1 Å². The molecule has 1 aliphatic carbocycles. The Morgan fingerprint density at radius 3 is 2.47 bits per heavy atom. The first-order chi connectivity index (χ1) is 6.93. The lowest BCUT2D eigenvalue weighted by Crippen LogP contribution is -2.35. The fourth-order valence-electron chi connectivity index (χ4n) is 1.38. The van der Waals surface area contributed by atoms with Crippen molar-refractivity contribution in [3.8, 4) is 0 Å². The quantitative estimate of drug-likeness (QED) is 0.683. The number of rotatable bonds is 7. The number of aliphatic hydroxyl groups excluding tert-OH is 1. The number of aliphatic hydroxyl groups is 1. The summed E-state index contributed by atoms with van der Waals surface area (Å²) in [5.41, 5.74) is -0.150. The van der Waals surface area contributed by atoms with Crippen molar-refractivity contribution in [3.63, 3.8) is 0 Å². The lowest BCUT2D eigenvalue weighted by atomic mass is 10.1. The van der Waals surface area contributed by atoms with Crippen LogP contribution in [-0.4, -0.2) is 32.4 Å². The minimum Gasteiger partial charge on any atom is -0.396 e. The monoisotopic (exact) mass is 235 g/mol. The van der Waals surface area contributed by atoms with Crippen molar-refractivity contribution < 1.29 is 13.5 Å². The van der Waals surface area contributed by atoms with Crippen LogP contribution in [0.4, 0.5) is 0 Å². The van der Waals surface area contributed by atoms with Crippen molar-refractivity contribution in [1.29, 1.82) is 0 Å². The molecular weight excluding hydrogens is 214 g/mol. The fraction of sp³-hybridized carbons (Fsp3) is 1.00. The van der Waals surface area contributed by atoms with E-state index in [0.717, 1.165) is 19.3 Å². The molecule has 15 heavy (non-hydrogen) atoms. The minimum atomic E-state index is -3.16. The molecule has 0 aromatic heterocycles. The van der Waals surface area contributed by atoms with Crippen LogP contribution in [0, 0.1) is 11.3 Å². The predicted octanol–water partition coefficient (Wildman–Crippen LogP) is 0.724. The van der Waals surface area contributed by atoms with Crippen LogP contribution in [0.2, 0.25) is 0 Å². The standard InChI is InChI=1S/C10H21NO3S/c1-3-9(2)6-15(13,14)11-7-10(8-12)4-5-10/h9,11-12H,3-8H2,1-2H3. The van der Waals surface area contributed by atoms with Gasteiger partial charge in [0, 0.05) is 18.6 Å². The van der Waals surface area contributed by atoms with Crippen LogP contribution >= 0.6 is 0 Å². The molecule has 2 N–H and O–H groups in total. The van der Waals surface area contributed by atoms with E-state index < -0.39 is 10.0 Å². The molecule has 0 aliphatic heterocycles. The van der Waals surface area contributed by atoms with Gasteiger partial charge in [-0.05, 0) is 18.8 Å². The molecular formula is C10H21NO3S. The van der Waals surface area contributed by atoms with E-state index in [-0.39, 0.29) is 23.7 Å². The Labute approximate surface area is 92.1 Å². The maximum atomic E-state index is 11.6. The Kier molecular flexibility index (Phi) is 4.14. The molecule has 0 radical (unpaired) electrons. The van der Waals surface area contributed by atoms with Crippen molar-refractivity contribution in [2.24, 2.45) is 11.3 Å². The topological polar surface area (TPSA) is 66.4 Å². The summed E-state index contributed by atoms with van der Waals surface area (Å²) in [5.74, 6) is 0.372. The zero-order chi connectivity index (χ0) is 11.5. The Morgan fingerprint density at radius 1 is 1.47 bits per heavy atom. The van der Waals surface area contributed by atoms with Gasteiger partial charge in [-0.2, -0.15) is 0 Å². The Morgan fingerprint density at radius 2 is 2.07 bits per heavy atom. The molecule has 0 aromatic rings. The highest BCUT2D eigenvalue weighted by atomic mass is 32.2. The summed E-state index contributed by atoms with van der Waals surface area (Å²) < 4.78 is 25.8. The highest BCUT2D eigenvalue weighted by Gasteiger charge is 2.42. The third kappa shape index (κ3) is 4.09. The SMILES string of the molecule is CCC(C)CS(=O)(=O)NCC1(CO)CC1. The zero-order valence-corrected chi connectivity index (χ0v) is 10.3. The molecule has 1 unspecified atom stereocenters. The van der Waals surface area contributed by atoms with Crippen LogP contribution < -0.4 is 4.72 Å². The maximum absolute atomic E-state index is 11.6. The molecule has 1 rings (SSSR count). The van der Waals surface area contributed by atoms with Crippen molar-refractivity contribution in [2.75, 3.05) is 18.9 Å². The average molecular weight is 235 g/mol. The van der Waals surface area contributed by atoms with Gasteiger partial charge in [0.05, 0.1) is 5.75 Å². The van der Waals surface area contributed by atoms with Gasteiger partial charge in [-0.1, -0.05) is 20.3 Å². The van der Waals surface area contributed by atoms with Gasteiger partial charge in [-0.15, -0.1) is 0 Å². The number of sulfonamides is 1. The molecule has 5 heteroatoms. The number of hydrogen-bond acceptors (Lipinski definition) is 3. The second kappa shape index (κ2) is 4.80. The van der Waals surface area contributed by atoms with Crippen molar-refractivity contribution in [2.45, 2.75) is 33.1 Å². The summed E-state index contributed by atoms with van der Waals surface area (Å²) >= 11 is 0. The van der Waals surface area contributed by atoms with Gasteiger partial charge in [0.15, 0.2) is 0 Å². The van der Waals surface area contributed by atoms with Crippen molar-refractivity contribution >= 4 is 10.0 Å². The summed E-state index contributed by atoms with van der Waals surface area (Å²) in [4.78, 5) is 0. The third-order valence-corrected chi connectivity index (χ3v) is 4.75. The second-order valence-corrected chi connectivity index (χ2v) is 6.63. The first-order valence-corrected chi connectivity index (χ1v) is 7.16. The Balaban J connectivity index is 2.36. The normalized spacial score (nSPS) is 21.3. The van der Waals surface area contributed by atoms with Crippen LogP contribution in [0.15, 0.2) is 0 Å². The van der Waals surface area contributed by atoms with E-state index in [2.05, 4.69) is 4.72 Å². The van der Waals surface area contributed by atoms with E-state index in [1.807, 2.05) is 13.8 Å². The molecule has 1 fully saturated rings. The summed E-state index contributed by atoms with van der Waals surface area (Å²) in [7, 11) is -3.16. The van der Waals surface area contributed by atoms with Crippen LogP contribution in [-0.2, 0) is 10.0 Å². The van der Waals surface area contributed by atoms with E-state index in [4.69, 9.17) is 5.11 Å². The van der Waals surface area contributed by atoms with Gasteiger partial charge >= 0.3 is 0 Å². The van der Waals surface area contributed by atoms with E-state index in [1.165, 1.54) is 0 Å². The van der Waals surface area contributed by atoms with Crippen LogP contribution in [0.3, 0.4) is 0 Å². The summed E-state index contributed by atoms with van der Waals surface area (Å²) in [6, 6.07) is 0. The van der Waals surface area contributed by atoms with Gasteiger partial charge < -0.3 is 5.11 Å². The predicted molar refractivity (Wildman–Crippen MR) is 60.0 cm³/mol. The van der Waals surface area contributed by atoms with Crippen LogP contribution in [0.5, 0.6) is 0 Å². The highest BCUT2D eigenvalue weighted by Crippen LogP contribution is 2.44. The molecule has 0 heterocycles. The van der Waals surface area contributed by atoms with E-state index in [9.17, 15) is 8.42 Å². The van der Waals surface area contributed by atoms with Gasteiger partial charge in [-0.25, -0.2) is 13.1 Å². The van der Waals surface area contributed by atoms with E-state index in [1.54, 1.807) is 0 Å². The number of hydrogen-bond donors (Lipinski definition) is 2.